The van der Waals surface area contributed by atoms with Crippen LogP contribution < -0.4 is 0 Å². The second-order valence-corrected chi connectivity index (χ2v) is 28.9. The molecule has 0 aliphatic heterocycles. The molecule has 0 N–H and O–H groups in total. The van der Waals surface area contributed by atoms with Crippen molar-refractivity contribution in [1.82, 2.24) is 39.9 Å². The molecule has 0 aliphatic rings. The summed E-state index contributed by atoms with van der Waals surface area (Å²) >= 11 is 0. The van der Waals surface area contributed by atoms with Crippen molar-refractivity contribution in [2.75, 3.05) is 0 Å². The van der Waals surface area contributed by atoms with Gasteiger partial charge in [0, 0.05) is 83.7 Å². The van der Waals surface area contributed by atoms with Crippen LogP contribution >= 0.6 is 0 Å². The molecule has 0 atom stereocenters. The van der Waals surface area contributed by atoms with Crippen LogP contribution in [0.25, 0.3) is 245 Å². The molecule has 114 heavy (non-hydrogen) atoms. The molecule has 0 amide bonds. The Kier molecular flexibility index (Phi) is 14.7. The Labute approximate surface area is 650 Å². The van der Waals surface area contributed by atoms with E-state index >= 15 is 0 Å². The molecule has 0 bridgehead atoms. The van der Waals surface area contributed by atoms with Crippen LogP contribution in [0.3, 0.4) is 0 Å². The van der Waals surface area contributed by atoms with Gasteiger partial charge in [0.15, 0.2) is 46.1 Å². The summed E-state index contributed by atoms with van der Waals surface area (Å²) in [7, 11) is 0. The van der Waals surface area contributed by atoms with Crippen molar-refractivity contribution in [2.45, 2.75) is 0 Å². The molecule has 0 unspecified atom stereocenters. The lowest BCUT2D eigenvalue weighted by molar-refractivity contribution is 0.620. The van der Waals surface area contributed by atoms with Crippen LogP contribution in [0.4, 0.5) is 0 Å². The van der Waals surface area contributed by atoms with Crippen molar-refractivity contribution in [2.24, 2.45) is 0 Å². The van der Waals surface area contributed by atoms with Crippen LogP contribution in [0.1, 0.15) is 0 Å². The highest BCUT2D eigenvalue weighted by atomic mass is 16.4. The molecule has 0 spiro atoms. The molecule has 0 saturated carbocycles. The van der Waals surface area contributed by atoms with Gasteiger partial charge in [-0.15, -0.1) is 0 Å². The zero-order chi connectivity index (χ0) is 74.9. The van der Waals surface area contributed by atoms with Crippen LogP contribution in [0.2, 0.25) is 0 Å². The Hall–Kier alpha value is -15.7. The number of nitrogens with zero attached hydrogens (tertiary/aromatic N) is 8. The van der Waals surface area contributed by atoms with Gasteiger partial charge in [0.05, 0.1) is 0 Å². The minimum Gasteiger partial charge on any atom is -0.456 e. The topological polar surface area (TPSA) is 156 Å². The lowest BCUT2D eigenvalue weighted by Crippen LogP contribution is -2.01. The van der Waals surface area contributed by atoms with Gasteiger partial charge < -0.3 is 17.7 Å². The normalized spacial score (nSPS) is 11.9. The van der Waals surface area contributed by atoms with Gasteiger partial charge in [0.1, 0.15) is 33.4 Å². The zero-order valence-electron chi connectivity index (χ0n) is 60.7. The summed E-state index contributed by atoms with van der Waals surface area (Å²) in [6.45, 7) is 0. The third kappa shape index (κ3) is 11.1. The summed E-state index contributed by atoms with van der Waals surface area (Å²) < 4.78 is 27.3. The second kappa shape index (κ2) is 26.0. The average Bonchev–Trinajstić information content (AvgIpc) is 1.56. The maximum absolute atomic E-state index is 7.14. The molecule has 0 fully saturated rings. The quantitative estimate of drug-likeness (QED) is 0.114. The Morgan fingerprint density at radius 2 is 0.658 bits per heavy atom. The second-order valence-electron chi connectivity index (χ2n) is 28.9. The van der Waals surface area contributed by atoms with Gasteiger partial charge in [-0.1, -0.05) is 267 Å². The van der Waals surface area contributed by atoms with E-state index in [-0.39, 0.29) is 0 Å². The van der Waals surface area contributed by atoms with Crippen molar-refractivity contribution in [3.8, 4) is 136 Å². The first-order valence-corrected chi connectivity index (χ1v) is 37.9. The predicted molar refractivity (Wildman–Crippen MR) is 458 cm³/mol. The summed E-state index contributed by atoms with van der Waals surface area (Å²) in [5, 5.41) is 12.3. The highest BCUT2D eigenvalue weighted by Gasteiger charge is 2.26. The van der Waals surface area contributed by atoms with Crippen molar-refractivity contribution in [1.29, 1.82) is 0 Å². The molecule has 23 aromatic rings. The van der Waals surface area contributed by atoms with E-state index in [2.05, 4.69) is 243 Å². The van der Waals surface area contributed by atoms with Crippen LogP contribution in [0.5, 0.6) is 0 Å². The molecule has 12 heteroatoms. The minimum absolute atomic E-state index is 0.484. The number of hydrogen-bond acceptors (Lipinski definition) is 12. The third-order valence-electron chi connectivity index (χ3n) is 22.0. The molecule has 6 heterocycles. The maximum atomic E-state index is 7.14. The van der Waals surface area contributed by atoms with Gasteiger partial charge in [-0.3, -0.25) is 0 Å². The molecule has 0 aliphatic carbocycles. The van der Waals surface area contributed by atoms with Crippen LogP contribution in [0, 0.1) is 0 Å². The standard InChI is InChI=1S/C102H58N8O4/c1-4-19-59(20-5-1)61-37-41-65(42-38-61)97-105-95(63-22-6-2-7-23-63)107-99(108-97)80-35-18-30-69-50-71(46-47-78(69)80)92-93-81-33-14-15-36-87(81)111-91(93)58-86-94(92)114-102(104-86)74-44-40-62-28-17-34-76(82(62)53-74)70-29-16-31-73(51-70)101-103-85-57-89-83(56-90(85)113-101)79-48-45-67(55-88(79)112-89)75-52-68-27-12-13-32-77(68)84(54-75)100-109-96(64-24-8-3-9-25-64)106-98(110-100)72-43-39-60-21-10-11-26-66(60)49-72/h1-58H. The maximum Gasteiger partial charge on any atom is 0.227 e. The van der Waals surface area contributed by atoms with Crippen molar-refractivity contribution >= 4 is 109 Å². The van der Waals surface area contributed by atoms with E-state index in [0.29, 0.717) is 80.1 Å². The summed E-state index contributed by atoms with van der Waals surface area (Å²) in [6, 6.07) is 121. The van der Waals surface area contributed by atoms with Gasteiger partial charge in [0.2, 0.25) is 11.8 Å². The fraction of sp³-hybridized carbons (Fsp3) is 0. The summed E-state index contributed by atoms with van der Waals surface area (Å²) in [6.07, 6.45) is 0. The fourth-order valence-electron chi connectivity index (χ4n) is 16.4. The van der Waals surface area contributed by atoms with Crippen molar-refractivity contribution < 1.29 is 17.7 Å². The van der Waals surface area contributed by atoms with E-state index in [1.165, 1.54) is 0 Å². The molecule has 0 radical (unpaired) electrons. The molecule has 12 nitrogen and oxygen atoms in total. The predicted octanol–water partition coefficient (Wildman–Crippen LogP) is 26.8. The number of oxazole rings is 2. The monoisotopic (exact) mass is 1460 g/mol. The Morgan fingerprint density at radius 3 is 1.44 bits per heavy atom. The van der Waals surface area contributed by atoms with Gasteiger partial charge in [-0.2, -0.15) is 0 Å². The van der Waals surface area contributed by atoms with Gasteiger partial charge in [-0.05, 0) is 155 Å². The lowest BCUT2D eigenvalue weighted by atomic mass is 9.94. The number of hydrogen-bond donors (Lipinski definition) is 0. The average molecular weight is 1460 g/mol. The Balaban J connectivity index is 0.568. The first-order valence-electron chi connectivity index (χ1n) is 37.9. The lowest BCUT2D eigenvalue weighted by Gasteiger charge is -2.13. The molecule has 0 saturated heterocycles. The number of fused-ring (bicyclic) bond motifs is 12. The van der Waals surface area contributed by atoms with E-state index < -0.39 is 0 Å². The number of benzene rings is 17. The minimum atomic E-state index is 0.484. The number of furan rings is 2. The Morgan fingerprint density at radius 1 is 0.175 bits per heavy atom. The highest BCUT2D eigenvalue weighted by Crippen LogP contribution is 2.47. The zero-order valence-corrected chi connectivity index (χ0v) is 60.7. The van der Waals surface area contributed by atoms with Crippen LogP contribution in [0.15, 0.2) is 370 Å². The summed E-state index contributed by atoms with van der Waals surface area (Å²) in [5.41, 5.74) is 20.8. The molecule has 6 aromatic heterocycles. The largest absolute Gasteiger partial charge is 0.456 e. The molecular weight excluding hydrogens is 1400 g/mol. The number of aromatic nitrogens is 8. The molecule has 23 rings (SSSR count). The van der Waals surface area contributed by atoms with E-state index in [0.717, 1.165) is 165 Å². The first-order chi connectivity index (χ1) is 56.4. The van der Waals surface area contributed by atoms with Gasteiger partial charge in [-0.25, -0.2) is 39.9 Å². The van der Waals surface area contributed by atoms with Crippen LogP contribution in [-0.2, 0) is 0 Å². The highest BCUT2D eigenvalue weighted by molar-refractivity contribution is 6.20. The van der Waals surface area contributed by atoms with E-state index in [1.54, 1.807) is 0 Å². The van der Waals surface area contributed by atoms with E-state index in [4.69, 9.17) is 57.5 Å². The molecule has 530 valence electrons. The number of rotatable bonds is 12. The third-order valence-corrected chi connectivity index (χ3v) is 22.0. The SMILES string of the molecule is c1ccc(-c2ccc(-c3nc(-c4ccccc4)nc(-c4cccc5cc(-c6c7oc(-c8ccc9cccc(-c%10cccc(-c%11nc%12cc%13oc%14cc(-c%15cc(-c%16nc(-c%17ccccc%17)nc(-c%17ccc%18ccccc%18c%17)n%16)c%16ccccc%16c%15)ccc%14c%13cc%12o%11)c%10)c9c8)nc7cc7oc8ccccc8c67)ccc45)n3)cc2)cc1. The van der Waals surface area contributed by atoms with Gasteiger partial charge in [0.25, 0.3) is 0 Å². The smallest absolute Gasteiger partial charge is 0.227 e. The first kappa shape index (κ1) is 64.3. The van der Waals surface area contributed by atoms with Crippen molar-refractivity contribution in [3.05, 3.63) is 352 Å². The summed E-state index contributed by atoms with van der Waals surface area (Å²) in [5.74, 6) is 4.53. The Bertz CT molecular complexity index is 7870. The number of para-hydroxylation sites is 1. The fourth-order valence-corrected chi connectivity index (χ4v) is 16.4. The molecule has 17 aromatic carbocycles. The van der Waals surface area contributed by atoms with E-state index in [9.17, 15) is 0 Å². The molecular formula is C102H58N8O4. The van der Waals surface area contributed by atoms with Crippen molar-refractivity contribution in [3.63, 3.8) is 0 Å². The van der Waals surface area contributed by atoms with E-state index in [1.807, 2.05) is 109 Å². The van der Waals surface area contributed by atoms with Crippen LogP contribution in [-0.4, -0.2) is 39.9 Å². The van der Waals surface area contributed by atoms with Gasteiger partial charge >= 0.3 is 0 Å². The summed E-state index contributed by atoms with van der Waals surface area (Å²) in [4.78, 5) is 41.4.